The van der Waals surface area contributed by atoms with E-state index in [1.54, 1.807) is 6.07 Å². The van der Waals surface area contributed by atoms with Gasteiger partial charge >= 0.3 is 6.18 Å². The number of nitrogens with zero attached hydrogens (tertiary/aromatic N) is 4. The minimum atomic E-state index is -4.76. The fourth-order valence-corrected chi connectivity index (χ4v) is 5.90. The largest absolute Gasteiger partial charge is 0.494 e. The van der Waals surface area contributed by atoms with Crippen LogP contribution in [-0.2, 0) is 22.1 Å². The lowest BCUT2D eigenvalue weighted by Gasteiger charge is -2.44. The van der Waals surface area contributed by atoms with E-state index in [9.17, 15) is 23.4 Å². The van der Waals surface area contributed by atoms with Gasteiger partial charge in [0, 0.05) is 52.4 Å². The summed E-state index contributed by atoms with van der Waals surface area (Å²) in [5.41, 5.74) is -2.85. The molecule has 8 nitrogen and oxygen atoms in total. The Labute approximate surface area is 201 Å². The molecule has 0 amide bonds. The highest BCUT2D eigenvalue weighted by Crippen LogP contribution is 2.59. The van der Waals surface area contributed by atoms with Crippen LogP contribution in [0.2, 0.25) is 0 Å². The Morgan fingerprint density at radius 2 is 1.60 bits per heavy atom. The van der Waals surface area contributed by atoms with E-state index in [1.807, 2.05) is 13.8 Å². The number of morpholine rings is 1. The summed E-state index contributed by atoms with van der Waals surface area (Å²) >= 11 is 0. The van der Waals surface area contributed by atoms with E-state index in [2.05, 4.69) is 15.1 Å². The molecule has 3 aliphatic rings. The zero-order valence-electron chi connectivity index (χ0n) is 19.6. The van der Waals surface area contributed by atoms with Gasteiger partial charge < -0.3 is 20.3 Å². The molecule has 2 bridgehead atoms. The van der Waals surface area contributed by atoms with Crippen LogP contribution in [0.3, 0.4) is 0 Å². The summed E-state index contributed by atoms with van der Waals surface area (Å²) < 4.78 is 48.0. The first kappa shape index (κ1) is 23.9. The normalized spacial score (nSPS) is 27.1. The average molecular weight is 492 g/mol. The van der Waals surface area contributed by atoms with Gasteiger partial charge in [0.05, 0.1) is 34.0 Å². The van der Waals surface area contributed by atoms with Gasteiger partial charge in [-0.1, -0.05) is 0 Å². The number of alkyl halides is 3. The summed E-state index contributed by atoms with van der Waals surface area (Å²) in [6, 6.07) is 4.64. The van der Waals surface area contributed by atoms with Crippen LogP contribution in [0.1, 0.15) is 36.1 Å². The minimum absolute atomic E-state index is 0.0819. The van der Waals surface area contributed by atoms with Crippen LogP contribution in [0.15, 0.2) is 18.2 Å². The molecule has 3 N–H and O–H groups in total. The second-order valence-electron chi connectivity index (χ2n) is 9.94. The van der Waals surface area contributed by atoms with Crippen LogP contribution in [0.4, 0.5) is 13.2 Å². The number of nitrogens with one attached hydrogen (secondary N) is 1. The molecule has 0 aliphatic carbocycles. The first-order valence-electron chi connectivity index (χ1n) is 11.6. The third-order valence-electron chi connectivity index (χ3n) is 7.31. The van der Waals surface area contributed by atoms with Crippen LogP contribution in [-0.4, -0.2) is 76.9 Å². The number of aromatic nitrogens is 1. The van der Waals surface area contributed by atoms with Crippen LogP contribution >= 0.6 is 0 Å². The van der Waals surface area contributed by atoms with Crippen molar-refractivity contribution in [3.63, 3.8) is 0 Å². The lowest BCUT2D eigenvalue weighted by Crippen LogP contribution is -2.54. The first-order valence-corrected chi connectivity index (χ1v) is 11.6. The van der Waals surface area contributed by atoms with E-state index < -0.39 is 28.5 Å². The van der Waals surface area contributed by atoms with E-state index in [0.717, 1.165) is 56.0 Å². The summed E-state index contributed by atoms with van der Waals surface area (Å²) in [5.74, 6) is -0.712. The molecule has 2 saturated heterocycles. The van der Waals surface area contributed by atoms with E-state index in [0.29, 0.717) is 24.2 Å². The third-order valence-corrected chi connectivity index (χ3v) is 7.31. The van der Waals surface area contributed by atoms with Crippen molar-refractivity contribution >= 4 is 0 Å². The van der Waals surface area contributed by atoms with Gasteiger partial charge in [0.2, 0.25) is 11.8 Å². The molecule has 0 saturated carbocycles. The highest BCUT2D eigenvalue weighted by atomic mass is 19.4. The van der Waals surface area contributed by atoms with E-state index in [1.165, 1.54) is 6.07 Å². The molecule has 1 aromatic carbocycles. The highest BCUT2D eigenvalue weighted by molar-refractivity contribution is 5.61. The second-order valence-corrected chi connectivity index (χ2v) is 9.94. The number of fused-ring (bicyclic) bond motifs is 5. The van der Waals surface area contributed by atoms with E-state index >= 15 is 0 Å². The molecule has 5 rings (SSSR count). The van der Waals surface area contributed by atoms with Gasteiger partial charge in [0.15, 0.2) is 0 Å². The van der Waals surface area contributed by atoms with Crippen molar-refractivity contribution in [2.24, 2.45) is 0 Å². The van der Waals surface area contributed by atoms with Gasteiger partial charge in [0.1, 0.15) is 11.2 Å². The molecule has 188 valence electrons. The van der Waals surface area contributed by atoms with Crippen LogP contribution in [0.25, 0.3) is 5.69 Å². The van der Waals surface area contributed by atoms with Crippen LogP contribution in [0.5, 0.6) is 11.8 Å². The number of halogens is 3. The molecular formula is C24H28F3N5O3. The molecule has 11 heteroatoms. The molecule has 1 aromatic heterocycles. The number of hydrogen-bond acceptors (Lipinski definition) is 7. The summed E-state index contributed by atoms with van der Waals surface area (Å²) in [7, 11) is 0. The standard InChI is InChI=1S/C24H28F3N5O3/c1-22-13-31(10-9-30-7-5-29-6-8-30)14-23(2,35-22)19-18(22)20(33)32(21(19)34)16-4-3-15(12-28)17(11-16)24(25,26)27/h3-4,11,29,33-34H,5-10,13-14H2,1-2H3. The van der Waals surface area contributed by atoms with Gasteiger partial charge in [-0.15, -0.1) is 0 Å². The number of rotatable bonds is 4. The SMILES string of the molecule is CC12CN(CCN3CCNCC3)CC(C)(O1)c1c2c(O)n(-c2ccc(C#N)c(C(F)(F)F)c2)c1O. The number of benzene rings is 1. The van der Waals surface area contributed by atoms with E-state index in [-0.39, 0.29) is 17.4 Å². The molecule has 0 radical (unpaired) electrons. The van der Waals surface area contributed by atoms with Crippen molar-refractivity contribution < 1.29 is 28.1 Å². The monoisotopic (exact) mass is 491 g/mol. The summed E-state index contributed by atoms with van der Waals surface area (Å²) in [4.78, 5) is 4.63. The van der Waals surface area contributed by atoms with E-state index in [4.69, 9.17) is 10.00 Å². The molecule has 4 heterocycles. The predicted octanol–water partition coefficient (Wildman–Crippen LogP) is 2.46. The third kappa shape index (κ3) is 3.85. The van der Waals surface area contributed by atoms with Crippen molar-refractivity contribution in [1.29, 1.82) is 5.26 Å². The predicted molar refractivity (Wildman–Crippen MR) is 120 cm³/mol. The number of hydrogen-bond donors (Lipinski definition) is 3. The zero-order valence-corrected chi connectivity index (χ0v) is 19.6. The fourth-order valence-electron chi connectivity index (χ4n) is 5.90. The lowest BCUT2D eigenvalue weighted by atomic mass is 9.94. The van der Waals surface area contributed by atoms with Gasteiger partial charge in [-0.05, 0) is 32.0 Å². The zero-order chi connectivity index (χ0) is 25.2. The lowest BCUT2D eigenvalue weighted by molar-refractivity contribution is -0.187. The van der Waals surface area contributed by atoms with Gasteiger partial charge in [-0.2, -0.15) is 18.4 Å². The molecule has 0 spiro atoms. The van der Waals surface area contributed by atoms with Crippen molar-refractivity contribution in [2.45, 2.75) is 31.2 Å². The second kappa shape index (κ2) is 8.13. The Balaban J connectivity index is 1.50. The first-order chi connectivity index (χ1) is 16.5. The Kier molecular flexibility index (Phi) is 5.56. The molecule has 2 aromatic rings. The Morgan fingerprint density at radius 3 is 2.14 bits per heavy atom. The van der Waals surface area contributed by atoms with Crippen molar-refractivity contribution in [3.05, 3.63) is 40.5 Å². The maximum absolute atomic E-state index is 13.5. The number of piperazine rings is 1. The maximum Gasteiger partial charge on any atom is 0.417 e. The Morgan fingerprint density at radius 1 is 1.03 bits per heavy atom. The van der Waals surface area contributed by atoms with Crippen molar-refractivity contribution in [1.82, 2.24) is 19.7 Å². The quantitative estimate of drug-likeness (QED) is 0.605. The summed E-state index contributed by atoms with van der Waals surface area (Å²) in [6.45, 7) is 10.2. The molecule has 35 heavy (non-hydrogen) atoms. The molecule has 2 fully saturated rings. The highest BCUT2D eigenvalue weighted by Gasteiger charge is 2.58. The average Bonchev–Trinajstić information content (AvgIpc) is 3.17. The van der Waals surface area contributed by atoms with Crippen molar-refractivity contribution in [2.75, 3.05) is 52.4 Å². The number of ether oxygens (including phenoxy) is 1. The van der Waals surface area contributed by atoms with Gasteiger partial charge in [-0.25, -0.2) is 0 Å². The van der Waals surface area contributed by atoms with Crippen LogP contribution in [0, 0.1) is 11.3 Å². The number of nitriles is 1. The Hall–Kier alpha value is -2.78. The van der Waals surface area contributed by atoms with Crippen molar-refractivity contribution in [3.8, 4) is 23.5 Å². The van der Waals surface area contributed by atoms with Gasteiger partial charge in [0.25, 0.3) is 0 Å². The molecule has 3 aliphatic heterocycles. The molecule has 2 atom stereocenters. The Bertz CT molecular complexity index is 1160. The number of aromatic hydroxyl groups is 2. The topological polar surface area (TPSA) is 96.9 Å². The summed E-state index contributed by atoms with van der Waals surface area (Å²) in [6.07, 6.45) is -4.76. The molecular weight excluding hydrogens is 463 g/mol. The molecule has 2 unspecified atom stereocenters. The fraction of sp³-hybridized carbons (Fsp3) is 0.542. The maximum atomic E-state index is 13.5. The smallest absolute Gasteiger partial charge is 0.417 e. The van der Waals surface area contributed by atoms with Gasteiger partial charge in [-0.3, -0.25) is 14.4 Å². The minimum Gasteiger partial charge on any atom is -0.494 e. The van der Waals surface area contributed by atoms with Crippen LogP contribution < -0.4 is 5.32 Å². The summed E-state index contributed by atoms with van der Waals surface area (Å²) in [5, 5.41) is 34.8.